The van der Waals surface area contributed by atoms with Crippen molar-refractivity contribution >= 4 is 29.0 Å². The summed E-state index contributed by atoms with van der Waals surface area (Å²) in [6, 6.07) is 16.2. The smallest absolute Gasteiger partial charge is 0.293 e. The van der Waals surface area contributed by atoms with Gasteiger partial charge in [0.2, 0.25) is 0 Å². The molecule has 2 aromatic rings. The Morgan fingerprint density at radius 3 is 2.56 bits per heavy atom. The third-order valence-electron chi connectivity index (χ3n) is 3.75. The number of hydrogen-bond donors (Lipinski definition) is 0. The molecular weight excluding hydrogens is 336 g/mol. The molecule has 25 heavy (non-hydrogen) atoms. The van der Waals surface area contributed by atoms with E-state index in [2.05, 4.69) is 6.07 Å². The molecule has 6 heteroatoms. The molecule has 0 unspecified atom stereocenters. The van der Waals surface area contributed by atoms with Gasteiger partial charge in [-0.05, 0) is 47.2 Å². The molecule has 1 aliphatic heterocycles. The van der Waals surface area contributed by atoms with Crippen LogP contribution in [0.4, 0.5) is 4.79 Å². The molecule has 0 spiro atoms. The molecule has 0 aliphatic carbocycles. The highest BCUT2D eigenvalue weighted by atomic mass is 32.2. The lowest BCUT2D eigenvalue weighted by Crippen LogP contribution is -2.27. The van der Waals surface area contributed by atoms with Crippen LogP contribution in [0.25, 0.3) is 6.08 Å². The topological polar surface area (TPSA) is 70.4 Å². The number of carbonyl (C=O) groups excluding carboxylic acids is 2. The number of hydrogen-bond acceptors (Lipinski definition) is 5. The molecule has 1 heterocycles. The minimum Gasteiger partial charge on any atom is -0.497 e. The van der Waals surface area contributed by atoms with E-state index in [1.807, 2.05) is 12.1 Å². The predicted molar refractivity (Wildman–Crippen MR) is 95.7 cm³/mol. The molecule has 124 valence electrons. The first-order chi connectivity index (χ1) is 12.1. The number of rotatable bonds is 4. The second-order valence-corrected chi connectivity index (χ2v) is 6.30. The number of nitriles is 1. The number of carbonyl (C=O) groups is 2. The highest BCUT2D eigenvalue weighted by Crippen LogP contribution is 2.33. The van der Waals surface area contributed by atoms with Gasteiger partial charge in [0.15, 0.2) is 0 Å². The highest BCUT2D eigenvalue weighted by Gasteiger charge is 2.35. The van der Waals surface area contributed by atoms with E-state index in [0.717, 1.165) is 28.0 Å². The van der Waals surface area contributed by atoms with E-state index in [9.17, 15) is 9.59 Å². The first-order valence-corrected chi connectivity index (χ1v) is 8.31. The van der Waals surface area contributed by atoms with Crippen LogP contribution in [0.1, 0.15) is 16.7 Å². The predicted octanol–water partition coefficient (Wildman–Crippen LogP) is 3.80. The van der Waals surface area contributed by atoms with Gasteiger partial charge in [-0.25, -0.2) is 0 Å². The summed E-state index contributed by atoms with van der Waals surface area (Å²) in [5.74, 6) is 0.372. The van der Waals surface area contributed by atoms with Crippen molar-refractivity contribution in [1.29, 1.82) is 5.26 Å². The third kappa shape index (κ3) is 3.57. The number of nitrogens with zero attached hydrogens (tertiary/aromatic N) is 2. The van der Waals surface area contributed by atoms with Crippen LogP contribution < -0.4 is 4.74 Å². The van der Waals surface area contributed by atoms with Gasteiger partial charge in [0.25, 0.3) is 11.1 Å². The van der Waals surface area contributed by atoms with E-state index in [4.69, 9.17) is 10.00 Å². The van der Waals surface area contributed by atoms with Crippen LogP contribution in [0.15, 0.2) is 53.4 Å². The molecule has 0 radical (unpaired) electrons. The van der Waals surface area contributed by atoms with Crippen molar-refractivity contribution in [1.82, 2.24) is 4.90 Å². The summed E-state index contributed by atoms with van der Waals surface area (Å²) in [5, 5.41) is 8.81. The van der Waals surface area contributed by atoms with Gasteiger partial charge in [-0.15, -0.1) is 0 Å². The van der Waals surface area contributed by atoms with Gasteiger partial charge >= 0.3 is 0 Å². The Morgan fingerprint density at radius 1 is 1.16 bits per heavy atom. The zero-order chi connectivity index (χ0) is 17.8. The van der Waals surface area contributed by atoms with E-state index in [1.165, 1.54) is 0 Å². The fourth-order valence-corrected chi connectivity index (χ4v) is 3.26. The van der Waals surface area contributed by atoms with Crippen LogP contribution in [-0.2, 0) is 11.3 Å². The SMILES string of the molecule is COc1ccc(/C=C2/SC(=O)N(Cc3ccccc3C#N)C2=O)cc1. The van der Waals surface area contributed by atoms with Crippen molar-refractivity contribution in [2.75, 3.05) is 7.11 Å². The van der Waals surface area contributed by atoms with Crippen molar-refractivity contribution in [3.05, 3.63) is 70.1 Å². The van der Waals surface area contributed by atoms with Crippen LogP contribution in [0.2, 0.25) is 0 Å². The summed E-state index contributed by atoms with van der Waals surface area (Å²) in [6.45, 7) is 0.0916. The molecule has 1 fully saturated rings. The van der Waals surface area contributed by atoms with Gasteiger partial charge in [0.1, 0.15) is 5.75 Å². The number of benzene rings is 2. The molecule has 0 atom stereocenters. The molecule has 0 bridgehead atoms. The first kappa shape index (κ1) is 16.8. The normalized spacial score (nSPS) is 15.5. The molecule has 5 nitrogen and oxygen atoms in total. The monoisotopic (exact) mass is 350 g/mol. The van der Waals surface area contributed by atoms with Gasteiger partial charge < -0.3 is 4.74 Å². The van der Waals surface area contributed by atoms with Crippen molar-refractivity contribution in [2.24, 2.45) is 0 Å². The van der Waals surface area contributed by atoms with E-state index in [-0.39, 0.29) is 17.7 Å². The summed E-state index contributed by atoms with van der Waals surface area (Å²) in [5.41, 5.74) is 1.92. The minimum absolute atomic E-state index is 0.0916. The Bertz CT molecular complexity index is 898. The van der Waals surface area contributed by atoms with Crippen molar-refractivity contribution in [3.8, 4) is 11.8 Å². The Hall–Kier alpha value is -3.04. The zero-order valence-corrected chi connectivity index (χ0v) is 14.2. The Morgan fingerprint density at radius 2 is 1.88 bits per heavy atom. The summed E-state index contributed by atoms with van der Waals surface area (Å²) in [4.78, 5) is 26.3. The quantitative estimate of drug-likeness (QED) is 0.784. The van der Waals surface area contributed by atoms with Crippen molar-refractivity contribution < 1.29 is 14.3 Å². The van der Waals surface area contributed by atoms with E-state index >= 15 is 0 Å². The Labute approximate surface area is 149 Å². The lowest BCUT2D eigenvalue weighted by atomic mass is 10.1. The van der Waals surface area contributed by atoms with Gasteiger partial charge in [-0.1, -0.05) is 30.3 Å². The zero-order valence-electron chi connectivity index (χ0n) is 13.4. The highest BCUT2D eigenvalue weighted by molar-refractivity contribution is 8.18. The van der Waals surface area contributed by atoms with Crippen LogP contribution in [0, 0.1) is 11.3 Å². The van der Waals surface area contributed by atoms with Crippen LogP contribution >= 0.6 is 11.8 Å². The van der Waals surface area contributed by atoms with Crippen molar-refractivity contribution in [3.63, 3.8) is 0 Å². The average molecular weight is 350 g/mol. The molecule has 0 saturated carbocycles. The van der Waals surface area contributed by atoms with E-state index in [0.29, 0.717) is 16.0 Å². The summed E-state index contributed by atoms with van der Waals surface area (Å²) < 4.78 is 5.10. The van der Waals surface area contributed by atoms with Crippen LogP contribution in [0.3, 0.4) is 0 Å². The average Bonchev–Trinajstić information content (AvgIpc) is 2.90. The molecule has 2 aromatic carbocycles. The maximum atomic E-state index is 12.6. The number of methoxy groups -OCH3 is 1. The summed E-state index contributed by atoms with van der Waals surface area (Å²) in [7, 11) is 1.58. The maximum Gasteiger partial charge on any atom is 0.293 e. The van der Waals surface area contributed by atoms with Gasteiger partial charge in [-0.3, -0.25) is 14.5 Å². The summed E-state index contributed by atoms with van der Waals surface area (Å²) in [6.07, 6.45) is 1.68. The standard InChI is InChI=1S/C19H14N2O3S/c1-24-16-8-6-13(7-9-16)10-17-18(22)21(19(23)25-17)12-15-5-3-2-4-14(15)11-20/h2-10H,12H2,1H3/b17-10+. The van der Waals surface area contributed by atoms with Crippen LogP contribution in [0.5, 0.6) is 5.75 Å². The fraction of sp³-hybridized carbons (Fsp3) is 0.105. The summed E-state index contributed by atoms with van der Waals surface area (Å²) >= 11 is 0.904. The largest absolute Gasteiger partial charge is 0.497 e. The number of thioether (sulfide) groups is 1. The number of amides is 2. The maximum absolute atomic E-state index is 12.6. The van der Waals surface area contributed by atoms with Gasteiger partial charge in [-0.2, -0.15) is 5.26 Å². The fourth-order valence-electron chi connectivity index (χ4n) is 2.43. The lowest BCUT2D eigenvalue weighted by molar-refractivity contribution is -0.123. The molecule has 0 N–H and O–H groups in total. The Balaban J connectivity index is 1.82. The molecule has 1 saturated heterocycles. The van der Waals surface area contributed by atoms with Gasteiger partial charge in [0, 0.05) is 0 Å². The number of ether oxygens (including phenoxy) is 1. The van der Waals surface area contributed by atoms with Crippen molar-refractivity contribution in [2.45, 2.75) is 6.54 Å². The molecular formula is C19H14N2O3S. The molecule has 0 aromatic heterocycles. The van der Waals surface area contributed by atoms with E-state index < -0.39 is 0 Å². The van der Waals surface area contributed by atoms with Gasteiger partial charge in [0.05, 0.1) is 30.2 Å². The second-order valence-electron chi connectivity index (χ2n) is 5.31. The second kappa shape index (κ2) is 7.24. The van der Waals surface area contributed by atoms with Crippen LogP contribution in [-0.4, -0.2) is 23.2 Å². The molecule has 1 aliphatic rings. The van der Waals surface area contributed by atoms with E-state index in [1.54, 1.807) is 49.6 Å². The first-order valence-electron chi connectivity index (χ1n) is 7.50. The Kier molecular flexibility index (Phi) is 4.87. The minimum atomic E-state index is -0.349. The third-order valence-corrected chi connectivity index (χ3v) is 4.66. The molecule has 3 rings (SSSR count). The number of imide groups is 1. The lowest BCUT2D eigenvalue weighted by Gasteiger charge is -2.13. The molecule has 2 amide bonds.